The molecule has 11 heteroatoms. The van der Waals surface area contributed by atoms with Crippen molar-refractivity contribution in [2.75, 3.05) is 0 Å². The average Bonchev–Trinajstić information content (AvgIpc) is 3.22. The first kappa shape index (κ1) is 28.0. The van der Waals surface area contributed by atoms with Crippen molar-refractivity contribution >= 4 is 11.4 Å². The third-order valence-corrected chi connectivity index (χ3v) is 5.48. The van der Waals surface area contributed by atoms with Crippen LogP contribution in [0.15, 0.2) is 71.4 Å². The summed E-state index contributed by atoms with van der Waals surface area (Å²) >= 11 is 0. The molecule has 1 unspecified atom stereocenters. The van der Waals surface area contributed by atoms with Crippen molar-refractivity contribution in [3.63, 3.8) is 0 Å². The molecular formula is C26H27F5N4O2. The minimum Gasteiger partial charge on any atom is -0.397 e. The third kappa shape index (κ3) is 7.70. The second-order valence-corrected chi connectivity index (χ2v) is 8.31. The van der Waals surface area contributed by atoms with Crippen LogP contribution in [0.1, 0.15) is 41.6 Å². The lowest BCUT2D eigenvalue weighted by atomic mass is 10.1. The molecule has 0 saturated carbocycles. The summed E-state index contributed by atoms with van der Waals surface area (Å²) in [6.07, 6.45) is -7.88. The monoisotopic (exact) mass is 522 g/mol. The molecule has 3 rings (SSSR count). The Kier molecular flexibility index (Phi) is 9.54. The fraction of sp³-hybridized carbons (Fsp3) is 0.308. The van der Waals surface area contributed by atoms with Gasteiger partial charge in [-0.3, -0.25) is 4.68 Å². The zero-order valence-electron chi connectivity index (χ0n) is 20.2. The maximum absolute atomic E-state index is 14.2. The summed E-state index contributed by atoms with van der Waals surface area (Å²) in [4.78, 5) is 4.33. The van der Waals surface area contributed by atoms with Crippen molar-refractivity contribution in [2.45, 2.75) is 45.0 Å². The summed E-state index contributed by atoms with van der Waals surface area (Å²) in [6.45, 7) is 1.89. The number of benzene rings is 2. The Balaban J connectivity index is 2.01. The number of aromatic nitrogens is 2. The van der Waals surface area contributed by atoms with E-state index in [0.717, 1.165) is 22.4 Å². The number of aliphatic hydroxyl groups excluding tert-OH is 1. The highest BCUT2D eigenvalue weighted by atomic mass is 19.3. The molecule has 0 aliphatic rings. The minimum absolute atomic E-state index is 0.00196. The van der Waals surface area contributed by atoms with Crippen molar-refractivity contribution in [1.29, 1.82) is 0 Å². The highest BCUT2D eigenvalue weighted by molar-refractivity contribution is 6.01. The topological polar surface area (TPSA) is 85.7 Å². The summed E-state index contributed by atoms with van der Waals surface area (Å²) in [6, 6.07) is 14.1. The van der Waals surface area contributed by atoms with Gasteiger partial charge in [0.05, 0.1) is 47.6 Å². The summed E-state index contributed by atoms with van der Waals surface area (Å²) in [7, 11) is 1.41. The molecule has 198 valence electrons. The lowest BCUT2D eigenvalue weighted by Gasteiger charge is -2.18. The number of alkyl halides is 4. The lowest BCUT2D eigenvalue weighted by molar-refractivity contribution is 0.0527. The zero-order chi connectivity index (χ0) is 27.1. The van der Waals surface area contributed by atoms with E-state index in [0.29, 0.717) is 5.56 Å². The first-order chi connectivity index (χ1) is 17.5. The molecule has 1 heterocycles. The van der Waals surface area contributed by atoms with Gasteiger partial charge in [-0.1, -0.05) is 30.3 Å². The molecule has 37 heavy (non-hydrogen) atoms. The fourth-order valence-electron chi connectivity index (χ4n) is 3.59. The predicted octanol–water partition coefficient (Wildman–Crippen LogP) is 5.56. The van der Waals surface area contributed by atoms with Crippen LogP contribution < -0.4 is 5.73 Å². The van der Waals surface area contributed by atoms with E-state index in [2.05, 4.69) is 10.1 Å². The molecule has 0 aliphatic carbocycles. The van der Waals surface area contributed by atoms with Crippen molar-refractivity contribution in [3.8, 4) is 0 Å². The van der Waals surface area contributed by atoms with Crippen LogP contribution in [-0.2, 0) is 24.8 Å². The maximum atomic E-state index is 14.2. The molecule has 0 saturated heterocycles. The van der Waals surface area contributed by atoms with Crippen molar-refractivity contribution in [3.05, 3.63) is 94.7 Å². The number of aliphatic hydroxyl groups is 1. The predicted molar refractivity (Wildman–Crippen MR) is 129 cm³/mol. The number of nitrogens with two attached hydrogens (primary N) is 1. The molecule has 0 spiro atoms. The highest BCUT2D eigenvalue weighted by Gasteiger charge is 2.23. The Bertz CT molecular complexity index is 1250. The second-order valence-electron chi connectivity index (χ2n) is 8.31. The quantitative estimate of drug-likeness (QED) is 0.255. The van der Waals surface area contributed by atoms with E-state index in [1.165, 1.54) is 25.2 Å². The molecular weight excluding hydrogens is 495 g/mol. The molecule has 0 amide bonds. The minimum atomic E-state index is -3.04. The van der Waals surface area contributed by atoms with Crippen LogP contribution in [0.4, 0.5) is 27.6 Å². The Morgan fingerprint density at radius 2 is 1.84 bits per heavy atom. The van der Waals surface area contributed by atoms with E-state index in [1.807, 2.05) is 30.3 Å². The maximum Gasteiger partial charge on any atom is 0.277 e. The average molecular weight is 523 g/mol. The number of hydrogen-bond acceptors (Lipinski definition) is 5. The van der Waals surface area contributed by atoms with Crippen molar-refractivity contribution < 1.29 is 31.8 Å². The van der Waals surface area contributed by atoms with Gasteiger partial charge < -0.3 is 15.6 Å². The number of hydrogen-bond donors (Lipinski definition) is 2. The van der Waals surface area contributed by atoms with Crippen LogP contribution in [0, 0.1) is 5.82 Å². The second kappa shape index (κ2) is 12.6. The largest absolute Gasteiger partial charge is 0.397 e. The van der Waals surface area contributed by atoms with Gasteiger partial charge in [0.2, 0.25) is 6.43 Å². The van der Waals surface area contributed by atoms with Gasteiger partial charge in [0, 0.05) is 12.6 Å². The SMILES string of the molecule is C[C@@H](OCc1ccccc1)c1cc(F)ccc1N=C(C=C(N)C(F)F)C(O)c1cc(CC(F)F)nn1C. The van der Waals surface area contributed by atoms with Gasteiger partial charge in [0.1, 0.15) is 11.9 Å². The Morgan fingerprint density at radius 1 is 1.14 bits per heavy atom. The van der Waals surface area contributed by atoms with E-state index in [9.17, 15) is 27.1 Å². The molecule has 3 N–H and O–H groups in total. The van der Waals surface area contributed by atoms with Crippen LogP contribution in [-0.4, -0.2) is 33.4 Å². The number of ether oxygens (including phenoxy) is 1. The molecule has 2 aromatic carbocycles. The van der Waals surface area contributed by atoms with E-state index in [4.69, 9.17) is 10.5 Å². The van der Waals surface area contributed by atoms with Gasteiger partial charge in [0.15, 0.2) is 0 Å². The van der Waals surface area contributed by atoms with Crippen LogP contribution in [0.3, 0.4) is 0 Å². The van der Waals surface area contributed by atoms with Crippen LogP contribution in [0.25, 0.3) is 0 Å². The fourth-order valence-corrected chi connectivity index (χ4v) is 3.59. The van der Waals surface area contributed by atoms with E-state index in [1.54, 1.807) is 6.92 Å². The Labute approximate surface area is 210 Å². The van der Waals surface area contributed by atoms with Gasteiger partial charge >= 0.3 is 0 Å². The van der Waals surface area contributed by atoms with E-state index in [-0.39, 0.29) is 29.4 Å². The van der Waals surface area contributed by atoms with Crippen LogP contribution in [0.2, 0.25) is 0 Å². The normalized spacial score (nSPS) is 14.4. The Morgan fingerprint density at radius 3 is 2.49 bits per heavy atom. The highest BCUT2D eigenvalue weighted by Crippen LogP contribution is 2.31. The molecule has 1 aromatic heterocycles. The smallest absolute Gasteiger partial charge is 0.277 e. The van der Waals surface area contributed by atoms with Gasteiger partial charge in [-0.15, -0.1) is 0 Å². The summed E-state index contributed by atoms with van der Waals surface area (Å²) in [5, 5.41) is 14.9. The zero-order valence-corrected chi connectivity index (χ0v) is 20.2. The molecule has 6 nitrogen and oxygen atoms in total. The van der Waals surface area contributed by atoms with Gasteiger partial charge in [-0.05, 0) is 42.8 Å². The summed E-state index contributed by atoms with van der Waals surface area (Å²) in [5.41, 5.74) is 5.62. The lowest BCUT2D eigenvalue weighted by Crippen LogP contribution is -2.18. The molecule has 2 atom stereocenters. The van der Waals surface area contributed by atoms with Crippen molar-refractivity contribution in [1.82, 2.24) is 9.78 Å². The van der Waals surface area contributed by atoms with Crippen LogP contribution in [0.5, 0.6) is 0 Å². The summed E-state index contributed by atoms with van der Waals surface area (Å²) < 4.78 is 73.3. The molecule has 0 radical (unpaired) electrons. The first-order valence-electron chi connectivity index (χ1n) is 11.3. The number of halogens is 5. The number of rotatable bonds is 11. The molecule has 0 fully saturated rings. The van der Waals surface area contributed by atoms with Gasteiger partial charge in [0.25, 0.3) is 6.43 Å². The van der Waals surface area contributed by atoms with E-state index < -0.39 is 43.0 Å². The molecule has 3 aromatic rings. The third-order valence-electron chi connectivity index (χ3n) is 5.48. The summed E-state index contributed by atoms with van der Waals surface area (Å²) in [5.74, 6) is -0.572. The number of nitrogens with zero attached hydrogens (tertiary/aromatic N) is 3. The number of allylic oxidation sites excluding steroid dienone is 1. The standard InChI is InChI=1S/C26H27F5N4O2/c1-15(37-14-16-6-4-3-5-7-16)19-10-17(27)8-9-21(19)33-22(13-20(32)26(30)31)25(36)23-11-18(12-24(28)29)34-35(23)2/h3-11,13,15,24-26,36H,12,14,32H2,1-2H3/t15-,25?/m1/s1. The van der Waals surface area contributed by atoms with Gasteiger partial charge in [-0.2, -0.15) is 5.10 Å². The Hall–Kier alpha value is -3.57. The molecule has 0 bridgehead atoms. The molecule has 0 aliphatic heterocycles. The van der Waals surface area contributed by atoms with Gasteiger partial charge in [-0.25, -0.2) is 26.9 Å². The number of aryl methyl sites for hydroxylation is 1. The van der Waals surface area contributed by atoms with E-state index >= 15 is 0 Å². The first-order valence-corrected chi connectivity index (χ1v) is 11.3. The number of aliphatic imine (C=N–C) groups is 1. The van der Waals surface area contributed by atoms with Crippen LogP contribution >= 0.6 is 0 Å². The van der Waals surface area contributed by atoms with Crippen molar-refractivity contribution in [2.24, 2.45) is 17.8 Å².